The van der Waals surface area contributed by atoms with Crippen LogP contribution in [0.25, 0.3) is 10.2 Å². The van der Waals surface area contributed by atoms with Crippen LogP contribution in [0.4, 0.5) is 5.13 Å². The van der Waals surface area contributed by atoms with Crippen LogP contribution in [0.1, 0.15) is 15.9 Å². The standard InChI is InChI=1S/C23H25N3O4S/c1-16-2-4-18-21(14-16)31-23(24-18)26(7-6-25-8-10-28-11-9-25)22(27)17-3-5-19-20(15-17)30-13-12-29-19/h2-5,14-15H,6-13H2,1H3. The Kier molecular flexibility index (Phi) is 5.76. The molecule has 0 radical (unpaired) electrons. The fourth-order valence-electron chi connectivity index (χ4n) is 3.82. The molecule has 0 saturated carbocycles. The highest BCUT2D eigenvalue weighted by Crippen LogP contribution is 2.33. The van der Waals surface area contributed by atoms with Gasteiger partial charge in [0.1, 0.15) is 13.2 Å². The van der Waals surface area contributed by atoms with Crippen LogP contribution in [-0.2, 0) is 4.74 Å². The SMILES string of the molecule is Cc1ccc2nc(N(CCN3CCOCC3)C(=O)c3ccc4c(c3)OCCO4)sc2c1. The molecule has 0 N–H and O–H groups in total. The van der Waals surface area contributed by atoms with E-state index in [1.165, 1.54) is 5.56 Å². The van der Waals surface area contributed by atoms with Crippen LogP contribution in [-0.4, -0.2) is 68.4 Å². The number of aromatic nitrogens is 1. The van der Waals surface area contributed by atoms with Gasteiger partial charge in [-0.05, 0) is 42.8 Å². The minimum absolute atomic E-state index is 0.0824. The Bertz CT molecular complexity index is 1090. The predicted octanol–water partition coefficient (Wildman–Crippen LogP) is 3.35. The summed E-state index contributed by atoms with van der Waals surface area (Å²) >= 11 is 1.55. The number of benzene rings is 2. The highest BCUT2D eigenvalue weighted by molar-refractivity contribution is 7.22. The Morgan fingerprint density at radius 2 is 1.87 bits per heavy atom. The fourth-order valence-corrected chi connectivity index (χ4v) is 4.91. The number of hydrogen-bond donors (Lipinski definition) is 0. The Morgan fingerprint density at radius 3 is 2.71 bits per heavy atom. The molecule has 1 amide bonds. The summed E-state index contributed by atoms with van der Waals surface area (Å²) in [5.74, 6) is 1.21. The third-order valence-corrected chi connectivity index (χ3v) is 6.58. The lowest BCUT2D eigenvalue weighted by Gasteiger charge is -2.29. The normalized spacial score (nSPS) is 16.4. The van der Waals surface area contributed by atoms with Gasteiger partial charge in [0.25, 0.3) is 5.91 Å². The molecule has 1 saturated heterocycles. The number of amides is 1. The molecular weight excluding hydrogens is 414 g/mol. The first-order valence-corrected chi connectivity index (χ1v) is 11.4. The van der Waals surface area contributed by atoms with E-state index in [0.717, 1.165) is 43.1 Å². The van der Waals surface area contributed by atoms with Gasteiger partial charge in [-0.25, -0.2) is 4.98 Å². The lowest BCUT2D eigenvalue weighted by molar-refractivity contribution is 0.0391. The van der Waals surface area contributed by atoms with Gasteiger partial charge in [0, 0.05) is 31.7 Å². The van der Waals surface area contributed by atoms with Crippen LogP contribution >= 0.6 is 11.3 Å². The van der Waals surface area contributed by atoms with Crippen molar-refractivity contribution in [2.75, 3.05) is 57.5 Å². The molecule has 8 heteroatoms. The summed E-state index contributed by atoms with van der Waals surface area (Å²) in [6.45, 7) is 7.64. The molecule has 3 heterocycles. The lowest BCUT2D eigenvalue weighted by atomic mass is 10.1. The van der Waals surface area contributed by atoms with E-state index in [1.807, 2.05) is 18.2 Å². The maximum absolute atomic E-state index is 13.6. The summed E-state index contributed by atoms with van der Waals surface area (Å²) in [6, 6.07) is 11.6. The van der Waals surface area contributed by atoms with Gasteiger partial charge >= 0.3 is 0 Å². The van der Waals surface area contributed by atoms with Gasteiger partial charge in [0.2, 0.25) is 0 Å². The van der Waals surface area contributed by atoms with E-state index in [0.29, 0.717) is 42.0 Å². The number of thiazole rings is 1. The molecule has 0 bridgehead atoms. The van der Waals surface area contributed by atoms with E-state index in [2.05, 4.69) is 17.9 Å². The Balaban J connectivity index is 1.45. The number of hydrogen-bond acceptors (Lipinski definition) is 7. The fraction of sp³-hybridized carbons (Fsp3) is 0.391. The highest BCUT2D eigenvalue weighted by Gasteiger charge is 2.24. The maximum atomic E-state index is 13.6. The second-order valence-electron chi connectivity index (χ2n) is 7.74. The molecule has 31 heavy (non-hydrogen) atoms. The third kappa shape index (κ3) is 4.37. The lowest BCUT2D eigenvalue weighted by Crippen LogP contribution is -2.43. The third-order valence-electron chi connectivity index (χ3n) is 5.54. The molecule has 162 valence electrons. The van der Waals surface area contributed by atoms with Crippen molar-refractivity contribution in [3.05, 3.63) is 47.5 Å². The maximum Gasteiger partial charge on any atom is 0.260 e. The Labute approximate surface area is 185 Å². The first-order valence-electron chi connectivity index (χ1n) is 10.6. The number of ether oxygens (including phenoxy) is 3. The molecule has 2 aliphatic heterocycles. The van der Waals surface area contributed by atoms with Crippen molar-refractivity contribution >= 4 is 32.6 Å². The molecule has 2 aromatic carbocycles. The molecule has 1 aromatic heterocycles. The Morgan fingerprint density at radius 1 is 1.06 bits per heavy atom. The highest BCUT2D eigenvalue weighted by atomic mass is 32.1. The van der Waals surface area contributed by atoms with Crippen LogP contribution in [0, 0.1) is 6.92 Å². The summed E-state index contributed by atoms with van der Waals surface area (Å²) in [7, 11) is 0. The summed E-state index contributed by atoms with van der Waals surface area (Å²) in [5.41, 5.74) is 2.67. The number of morpholine rings is 1. The van der Waals surface area contributed by atoms with Crippen LogP contribution in [0.3, 0.4) is 0 Å². The topological polar surface area (TPSA) is 64.1 Å². The zero-order valence-electron chi connectivity index (χ0n) is 17.5. The van der Waals surface area contributed by atoms with E-state index < -0.39 is 0 Å². The van der Waals surface area contributed by atoms with Crippen LogP contribution < -0.4 is 14.4 Å². The minimum Gasteiger partial charge on any atom is -0.486 e. The summed E-state index contributed by atoms with van der Waals surface area (Å²) < 4.78 is 17.8. The van der Waals surface area contributed by atoms with Gasteiger partial charge < -0.3 is 14.2 Å². The molecule has 0 atom stereocenters. The predicted molar refractivity (Wildman–Crippen MR) is 121 cm³/mol. The second-order valence-corrected chi connectivity index (χ2v) is 8.75. The molecule has 1 fully saturated rings. The van der Waals surface area contributed by atoms with Crippen molar-refractivity contribution in [3.63, 3.8) is 0 Å². The van der Waals surface area contributed by atoms with Crippen LogP contribution in [0.15, 0.2) is 36.4 Å². The van der Waals surface area contributed by atoms with Crippen molar-refractivity contribution in [1.82, 2.24) is 9.88 Å². The zero-order chi connectivity index (χ0) is 21.2. The van der Waals surface area contributed by atoms with Crippen molar-refractivity contribution in [2.24, 2.45) is 0 Å². The van der Waals surface area contributed by atoms with Gasteiger partial charge in [0.05, 0.1) is 23.4 Å². The first-order chi connectivity index (χ1) is 15.2. The van der Waals surface area contributed by atoms with Crippen molar-refractivity contribution in [2.45, 2.75) is 6.92 Å². The molecule has 0 spiro atoms. The molecular formula is C23H25N3O4S. The van der Waals surface area contributed by atoms with Crippen LogP contribution in [0.5, 0.6) is 11.5 Å². The van der Waals surface area contributed by atoms with Gasteiger partial charge in [-0.1, -0.05) is 17.4 Å². The zero-order valence-corrected chi connectivity index (χ0v) is 18.3. The van der Waals surface area contributed by atoms with Crippen molar-refractivity contribution in [1.29, 1.82) is 0 Å². The first kappa shape index (κ1) is 20.2. The van der Waals surface area contributed by atoms with Gasteiger partial charge in [-0.15, -0.1) is 0 Å². The monoisotopic (exact) mass is 439 g/mol. The van der Waals surface area contributed by atoms with Gasteiger partial charge in [-0.3, -0.25) is 14.6 Å². The number of rotatable bonds is 5. The number of carbonyl (C=O) groups excluding carboxylic acids is 1. The van der Waals surface area contributed by atoms with E-state index in [9.17, 15) is 4.79 Å². The number of anilines is 1. The number of carbonyl (C=O) groups is 1. The molecule has 3 aromatic rings. The number of fused-ring (bicyclic) bond motifs is 2. The molecule has 7 nitrogen and oxygen atoms in total. The van der Waals surface area contributed by atoms with E-state index in [1.54, 1.807) is 28.4 Å². The largest absolute Gasteiger partial charge is 0.486 e. The number of aryl methyl sites for hydroxylation is 1. The molecule has 0 unspecified atom stereocenters. The average molecular weight is 440 g/mol. The molecule has 2 aliphatic rings. The molecule has 5 rings (SSSR count). The quantitative estimate of drug-likeness (QED) is 0.608. The van der Waals surface area contributed by atoms with Crippen molar-refractivity contribution < 1.29 is 19.0 Å². The van der Waals surface area contributed by atoms with Crippen molar-refractivity contribution in [3.8, 4) is 11.5 Å². The van der Waals surface area contributed by atoms with E-state index >= 15 is 0 Å². The summed E-state index contributed by atoms with van der Waals surface area (Å²) in [6.07, 6.45) is 0. The van der Waals surface area contributed by atoms with E-state index in [-0.39, 0.29) is 5.91 Å². The van der Waals surface area contributed by atoms with Gasteiger partial charge in [-0.2, -0.15) is 0 Å². The van der Waals surface area contributed by atoms with E-state index in [4.69, 9.17) is 19.2 Å². The van der Waals surface area contributed by atoms with Crippen LogP contribution in [0.2, 0.25) is 0 Å². The molecule has 0 aliphatic carbocycles. The average Bonchev–Trinajstić information content (AvgIpc) is 3.22. The smallest absolute Gasteiger partial charge is 0.260 e. The summed E-state index contributed by atoms with van der Waals surface area (Å²) in [5, 5.41) is 0.716. The Hall–Kier alpha value is -2.68. The minimum atomic E-state index is -0.0824. The summed E-state index contributed by atoms with van der Waals surface area (Å²) in [4.78, 5) is 22.5. The van der Waals surface area contributed by atoms with Gasteiger partial charge in [0.15, 0.2) is 16.6 Å². The second kappa shape index (κ2) is 8.82. The number of nitrogens with zero attached hydrogens (tertiary/aromatic N) is 3.